The average molecular weight is 299 g/mol. The van der Waals surface area contributed by atoms with Crippen LogP contribution >= 0.6 is 0 Å². The lowest BCUT2D eigenvalue weighted by Crippen LogP contribution is -2.37. The first kappa shape index (κ1) is 14.3. The summed E-state index contributed by atoms with van der Waals surface area (Å²) in [4.78, 5) is 37.0. The zero-order chi connectivity index (χ0) is 15.5. The summed E-state index contributed by atoms with van der Waals surface area (Å²) in [7, 11) is 0. The Morgan fingerprint density at radius 1 is 1.23 bits per heavy atom. The molecule has 0 saturated heterocycles. The quantitative estimate of drug-likeness (QED) is 0.856. The lowest BCUT2D eigenvalue weighted by atomic mass is 10.0. The summed E-state index contributed by atoms with van der Waals surface area (Å²) >= 11 is 0. The molecule has 1 heterocycles. The van der Waals surface area contributed by atoms with Crippen molar-refractivity contribution in [3.63, 3.8) is 0 Å². The molecule has 0 aliphatic heterocycles. The Labute approximate surface area is 126 Å². The third-order valence-electron chi connectivity index (χ3n) is 3.78. The highest BCUT2D eigenvalue weighted by Gasteiger charge is 2.33. The van der Waals surface area contributed by atoms with Gasteiger partial charge in [0, 0.05) is 12.3 Å². The minimum Gasteiger partial charge on any atom is -0.347 e. The van der Waals surface area contributed by atoms with Crippen molar-refractivity contribution in [2.75, 3.05) is 0 Å². The maximum Gasteiger partial charge on any atom is 0.328 e. The predicted octanol–water partition coefficient (Wildman–Crippen LogP) is 0.804. The number of nitrogens with one attached hydrogen (secondary N) is 2. The predicted molar refractivity (Wildman–Crippen MR) is 81.4 cm³/mol. The van der Waals surface area contributed by atoms with Crippen LogP contribution in [-0.4, -0.2) is 15.5 Å². The number of aromatic nitrogens is 2. The van der Waals surface area contributed by atoms with Gasteiger partial charge in [0.2, 0.25) is 5.91 Å². The van der Waals surface area contributed by atoms with Crippen LogP contribution in [0.25, 0.3) is 0 Å². The molecule has 1 atom stereocenters. The first-order valence-electron chi connectivity index (χ1n) is 7.27. The molecule has 2 aromatic rings. The largest absolute Gasteiger partial charge is 0.347 e. The number of rotatable bonds is 5. The zero-order valence-electron chi connectivity index (χ0n) is 12.0. The Morgan fingerprint density at radius 3 is 2.59 bits per heavy atom. The molecule has 6 nitrogen and oxygen atoms in total. The monoisotopic (exact) mass is 299 g/mol. The number of hydrogen-bond acceptors (Lipinski definition) is 3. The number of benzene rings is 1. The summed E-state index contributed by atoms with van der Waals surface area (Å²) in [6.45, 7) is -0.105. The van der Waals surface area contributed by atoms with Gasteiger partial charge in [-0.2, -0.15) is 0 Å². The molecule has 1 amide bonds. The second kappa shape index (κ2) is 6.01. The first-order valence-corrected chi connectivity index (χ1v) is 7.27. The number of aromatic amines is 1. The molecule has 3 rings (SSSR count). The topological polar surface area (TPSA) is 84.0 Å². The fourth-order valence-electron chi connectivity index (χ4n) is 2.51. The van der Waals surface area contributed by atoms with E-state index < -0.39 is 11.2 Å². The van der Waals surface area contributed by atoms with Crippen molar-refractivity contribution >= 4 is 5.91 Å². The fraction of sp³-hybridized carbons (Fsp3) is 0.312. The van der Waals surface area contributed by atoms with Crippen LogP contribution in [0.5, 0.6) is 0 Å². The standard InChI is InChI=1S/C16H17N3O3/c20-13-8-9-19(16(22)18-13)10-14(21)17-15(12-6-7-12)11-4-2-1-3-5-11/h1-5,8-9,12,15H,6-7,10H2,(H,17,21)(H,18,20,22). The van der Waals surface area contributed by atoms with Gasteiger partial charge in [-0.15, -0.1) is 0 Å². The third-order valence-corrected chi connectivity index (χ3v) is 3.78. The summed E-state index contributed by atoms with van der Waals surface area (Å²) < 4.78 is 1.19. The molecule has 1 aromatic heterocycles. The Kier molecular flexibility index (Phi) is 3.91. The van der Waals surface area contributed by atoms with Crippen LogP contribution in [0, 0.1) is 5.92 Å². The molecule has 1 aromatic carbocycles. The van der Waals surface area contributed by atoms with Gasteiger partial charge < -0.3 is 5.32 Å². The van der Waals surface area contributed by atoms with Crippen molar-refractivity contribution in [2.24, 2.45) is 5.92 Å². The number of carbonyl (C=O) groups excluding carboxylic acids is 1. The van der Waals surface area contributed by atoms with E-state index in [4.69, 9.17) is 0 Å². The average Bonchev–Trinajstić information content (AvgIpc) is 3.33. The maximum atomic E-state index is 12.2. The molecule has 1 aliphatic carbocycles. The third kappa shape index (κ3) is 3.33. The van der Waals surface area contributed by atoms with Gasteiger partial charge in [-0.25, -0.2) is 4.79 Å². The van der Waals surface area contributed by atoms with Gasteiger partial charge in [0.05, 0.1) is 6.04 Å². The van der Waals surface area contributed by atoms with Crippen molar-refractivity contribution in [3.05, 3.63) is 69.0 Å². The van der Waals surface area contributed by atoms with E-state index in [9.17, 15) is 14.4 Å². The molecule has 114 valence electrons. The number of nitrogens with zero attached hydrogens (tertiary/aromatic N) is 1. The molecular formula is C16H17N3O3. The SMILES string of the molecule is O=C(Cn1ccc(=O)[nH]c1=O)NC(c1ccccc1)C1CC1. The van der Waals surface area contributed by atoms with Crippen LogP contribution in [0.4, 0.5) is 0 Å². The van der Waals surface area contributed by atoms with Crippen LogP contribution in [0.3, 0.4) is 0 Å². The molecule has 1 aliphatic rings. The van der Waals surface area contributed by atoms with E-state index in [-0.39, 0.29) is 18.5 Å². The number of H-pyrrole nitrogens is 1. The van der Waals surface area contributed by atoms with Gasteiger partial charge >= 0.3 is 5.69 Å². The van der Waals surface area contributed by atoms with E-state index in [1.165, 1.54) is 16.8 Å². The van der Waals surface area contributed by atoms with Crippen LogP contribution in [0.2, 0.25) is 0 Å². The number of hydrogen-bond donors (Lipinski definition) is 2. The molecule has 0 radical (unpaired) electrons. The summed E-state index contributed by atoms with van der Waals surface area (Å²) in [6, 6.07) is 11.0. The Balaban J connectivity index is 1.72. The molecule has 1 fully saturated rings. The van der Waals surface area contributed by atoms with E-state index >= 15 is 0 Å². The molecule has 1 unspecified atom stereocenters. The Bertz CT molecular complexity index is 775. The highest BCUT2D eigenvalue weighted by molar-refractivity contribution is 5.76. The normalized spacial score (nSPS) is 15.3. The molecule has 0 spiro atoms. The van der Waals surface area contributed by atoms with Crippen molar-refractivity contribution < 1.29 is 4.79 Å². The van der Waals surface area contributed by atoms with Crippen molar-refractivity contribution in [1.82, 2.24) is 14.9 Å². The molecule has 0 bridgehead atoms. The van der Waals surface area contributed by atoms with Crippen molar-refractivity contribution in [1.29, 1.82) is 0 Å². The van der Waals surface area contributed by atoms with Crippen molar-refractivity contribution in [3.8, 4) is 0 Å². The summed E-state index contributed by atoms with van der Waals surface area (Å²) in [5.41, 5.74) is 0.0271. The van der Waals surface area contributed by atoms with Crippen LogP contribution in [0.1, 0.15) is 24.4 Å². The van der Waals surface area contributed by atoms with Gasteiger partial charge in [-0.3, -0.25) is 19.1 Å². The Morgan fingerprint density at radius 2 is 1.95 bits per heavy atom. The second-order valence-corrected chi connectivity index (χ2v) is 5.53. The van der Waals surface area contributed by atoms with Crippen LogP contribution < -0.4 is 16.6 Å². The second-order valence-electron chi connectivity index (χ2n) is 5.53. The molecule has 1 saturated carbocycles. The molecule has 2 N–H and O–H groups in total. The summed E-state index contributed by atoms with van der Waals surface area (Å²) in [5, 5.41) is 2.99. The fourth-order valence-corrected chi connectivity index (χ4v) is 2.51. The highest BCUT2D eigenvalue weighted by atomic mass is 16.2. The van der Waals surface area contributed by atoms with Gasteiger partial charge in [0.25, 0.3) is 5.56 Å². The van der Waals surface area contributed by atoms with Crippen molar-refractivity contribution in [2.45, 2.75) is 25.4 Å². The van der Waals surface area contributed by atoms with Gasteiger partial charge in [0.1, 0.15) is 6.54 Å². The van der Waals surface area contributed by atoms with E-state index in [0.29, 0.717) is 5.92 Å². The van der Waals surface area contributed by atoms with Gasteiger partial charge in [-0.05, 0) is 24.3 Å². The number of carbonyl (C=O) groups is 1. The van der Waals surface area contributed by atoms with Crippen LogP contribution in [-0.2, 0) is 11.3 Å². The van der Waals surface area contributed by atoms with E-state index in [2.05, 4.69) is 10.3 Å². The first-order chi connectivity index (χ1) is 10.6. The molecule has 22 heavy (non-hydrogen) atoms. The lowest BCUT2D eigenvalue weighted by molar-refractivity contribution is -0.122. The van der Waals surface area contributed by atoms with E-state index in [1.807, 2.05) is 30.3 Å². The molecular weight excluding hydrogens is 282 g/mol. The number of amides is 1. The van der Waals surface area contributed by atoms with Crippen LogP contribution in [0.15, 0.2) is 52.2 Å². The van der Waals surface area contributed by atoms with Gasteiger partial charge in [0.15, 0.2) is 0 Å². The highest BCUT2D eigenvalue weighted by Crippen LogP contribution is 2.40. The minimum absolute atomic E-state index is 0.0211. The molecule has 6 heteroatoms. The zero-order valence-corrected chi connectivity index (χ0v) is 12.0. The van der Waals surface area contributed by atoms with E-state index in [0.717, 1.165) is 18.4 Å². The lowest BCUT2D eigenvalue weighted by Gasteiger charge is -2.19. The maximum absolute atomic E-state index is 12.2. The Hall–Kier alpha value is -2.63. The summed E-state index contributed by atoms with van der Waals surface area (Å²) in [5.74, 6) is 0.216. The van der Waals surface area contributed by atoms with Gasteiger partial charge in [-0.1, -0.05) is 30.3 Å². The summed E-state index contributed by atoms with van der Waals surface area (Å²) in [6.07, 6.45) is 3.52. The van der Waals surface area contributed by atoms with E-state index in [1.54, 1.807) is 0 Å². The smallest absolute Gasteiger partial charge is 0.328 e. The minimum atomic E-state index is -0.578.